The third-order valence-electron chi connectivity index (χ3n) is 4.27. The third-order valence-corrected chi connectivity index (χ3v) is 4.50. The zero-order valence-electron chi connectivity index (χ0n) is 13.1. The van der Waals surface area contributed by atoms with Crippen LogP contribution in [-0.4, -0.2) is 41.5 Å². The van der Waals surface area contributed by atoms with E-state index < -0.39 is 0 Å². The molecule has 0 unspecified atom stereocenters. The number of rotatable bonds is 4. The molecule has 1 aliphatic heterocycles. The molecule has 1 aromatic carbocycles. The molecule has 1 fully saturated rings. The van der Waals surface area contributed by atoms with Gasteiger partial charge >= 0.3 is 0 Å². The SMILES string of the molecule is N#Cc1cnc2ccc(Cl)cc2c1NC1CCN(CC(N)=O)CC1. The topological polar surface area (TPSA) is 95.0 Å². The summed E-state index contributed by atoms with van der Waals surface area (Å²) in [4.78, 5) is 17.4. The average Bonchev–Trinajstić information content (AvgIpc) is 2.56. The predicted molar refractivity (Wildman–Crippen MR) is 93.7 cm³/mol. The van der Waals surface area contributed by atoms with Gasteiger partial charge in [-0.3, -0.25) is 14.7 Å². The van der Waals surface area contributed by atoms with Crippen LogP contribution in [0.2, 0.25) is 5.02 Å². The molecule has 0 aliphatic carbocycles. The molecule has 0 saturated carbocycles. The van der Waals surface area contributed by atoms with Crippen molar-refractivity contribution in [2.45, 2.75) is 18.9 Å². The van der Waals surface area contributed by atoms with Crippen molar-refractivity contribution in [1.29, 1.82) is 5.26 Å². The number of piperidine rings is 1. The van der Waals surface area contributed by atoms with Crippen molar-refractivity contribution in [3.63, 3.8) is 0 Å². The third kappa shape index (κ3) is 3.58. The van der Waals surface area contributed by atoms with Crippen molar-refractivity contribution in [2.75, 3.05) is 25.0 Å². The number of hydrogen-bond donors (Lipinski definition) is 2. The van der Waals surface area contributed by atoms with Crippen molar-refractivity contribution in [1.82, 2.24) is 9.88 Å². The molecular formula is C17H18ClN5O. The number of nitrogens with one attached hydrogen (secondary N) is 1. The number of fused-ring (bicyclic) bond motifs is 1. The smallest absolute Gasteiger partial charge is 0.231 e. The van der Waals surface area contributed by atoms with Gasteiger partial charge in [-0.05, 0) is 31.0 Å². The Morgan fingerprint density at radius 1 is 1.46 bits per heavy atom. The summed E-state index contributed by atoms with van der Waals surface area (Å²) in [6.45, 7) is 1.89. The number of carbonyl (C=O) groups is 1. The molecule has 7 heteroatoms. The highest BCUT2D eigenvalue weighted by Gasteiger charge is 2.21. The molecule has 0 radical (unpaired) electrons. The van der Waals surface area contributed by atoms with Crippen LogP contribution >= 0.6 is 11.6 Å². The molecule has 1 saturated heterocycles. The predicted octanol–water partition coefficient (Wildman–Crippen LogP) is 2.12. The summed E-state index contributed by atoms with van der Waals surface area (Å²) in [5.41, 5.74) is 7.32. The van der Waals surface area contributed by atoms with E-state index in [2.05, 4.69) is 16.4 Å². The van der Waals surface area contributed by atoms with Crippen molar-refractivity contribution in [3.8, 4) is 6.07 Å². The Hall–Kier alpha value is -2.36. The van der Waals surface area contributed by atoms with Gasteiger partial charge in [0, 0.05) is 35.7 Å². The number of halogens is 1. The lowest BCUT2D eigenvalue weighted by Crippen LogP contribution is -2.43. The van der Waals surface area contributed by atoms with Crippen LogP contribution < -0.4 is 11.1 Å². The van der Waals surface area contributed by atoms with Gasteiger partial charge in [0.25, 0.3) is 0 Å². The highest BCUT2D eigenvalue weighted by molar-refractivity contribution is 6.31. The van der Waals surface area contributed by atoms with Crippen LogP contribution in [-0.2, 0) is 4.79 Å². The normalized spacial score (nSPS) is 16.0. The quantitative estimate of drug-likeness (QED) is 0.886. The van der Waals surface area contributed by atoms with Crippen LogP contribution in [0, 0.1) is 11.3 Å². The van der Waals surface area contributed by atoms with Crippen molar-refractivity contribution < 1.29 is 4.79 Å². The average molecular weight is 344 g/mol. The summed E-state index contributed by atoms with van der Waals surface area (Å²) in [5.74, 6) is -0.303. The second-order valence-electron chi connectivity index (χ2n) is 5.98. The molecule has 2 aromatic rings. The molecule has 1 aliphatic rings. The maximum Gasteiger partial charge on any atom is 0.231 e. The van der Waals surface area contributed by atoms with E-state index in [0.29, 0.717) is 17.1 Å². The monoisotopic (exact) mass is 343 g/mol. The summed E-state index contributed by atoms with van der Waals surface area (Å²) in [6, 6.07) is 7.88. The molecule has 3 rings (SSSR count). The zero-order chi connectivity index (χ0) is 17.1. The molecule has 3 N–H and O–H groups in total. The molecule has 6 nitrogen and oxygen atoms in total. The first-order chi connectivity index (χ1) is 11.6. The Kier molecular flexibility index (Phi) is 4.84. The largest absolute Gasteiger partial charge is 0.381 e. The van der Waals surface area contributed by atoms with Crippen LogP contribution in [0.1, 0.15) is 18.4 Å². The maximum atomic E-state index is 11.0. The van der Waals surface area contributed by atoms with Crippen molar-refractivity contribution in [3.05, 3.63) is 35.0 Å². The van der Waals surface area contributed by atoms with E-state index in [1.807, 2.05) is 17.0 Å². The fourth-order valence-electron chi connectivity index (χ4n) is 3.07. The van der Waals surface area contributed by atoms with Gasteiger partial charge in [-0.2, -0.15) is 5.26 Å². The van der Waals surface area contributed by atoms with Crippen LogP contribution in [0.5, 0.6) is 0 Å². The molecule has 2 heterocycles. The first kappa shape index (κ1) is 16.5. The van der Waals surface area contributed by atoms with E-state index in [1.165, 1.54) is 0 Å². The first-order valence-electron chi connectivity index (χ1n) is 7.82. The number of nitriles is 1. The zero-order valence-corrected chi connectivity index (χ0v) is 13.9. The highest BCUT2D eigenvalue weighted by atomic mass is 35.5. The number of nitrogens with zero attached hydrogens (tertiary/aromatic N) is 3. The van der Waals surface area contributed by atoms with E-state index in [0.717, 1.165) is 42.5 Å². The van der Waals surface area contributed by atoms with Crippen LogP contribution in [0.25, 0.3) is 10.9 Å². The van der Waals surface area contributed by atoms with E-state index in [9.17, 15) is 10.1 Å². The molecule has 0 atom stereocenters. The van der Waals surface area contributed by atoms with E-state index in [4.69, 9.17) is 17.3 Å². The Balaban J connectivity index is 1.81. The van der Waals surface area contributed by atoms with E-state index in [-0.39, 0.29) is 11.9 Å². The fraction of sp³-hybridized carbons (Fsp3) is 0.353. The number of benzene rings is 1. The maximum absolute atomic E-state index is 11.0. The number of anilines is 1. The lowest BCUT2D eigenvalue weighted by Gasteiger charge is -2.32. The molecule has 24 heavy (non-hydrogen) atoms. The molecule has 1 amide bonds. The number of carbonyl (C=O) groups excluding carboxylic acids is 1. The number of amides is 1. The summed E-state index contributed by atoms with van der Waals surface area (Å²) < 4.78 is 0. The lowest BCUT2D eigenvalue weighted by molar-refractivity contribution is -0.119. The second kappa shape index (κ2) is 7.04. The number of aromatic nitrogens is 1. The van der Waals surface area contributed by atoms with Gasteiger partial charge in [-0.1, -0.05) is 11.6 Å². The summed E-state index contributed by atoms with van der Waals surface area (Å²) >= 11 is 6.11. The van der Waals surface area contributed by atoms with E-state index in [1.54, 1.807) is 12.3 Å². The number of primary amides is 1. The number of nitrogens with two attached hydrogens (primary N) is 1. The number of pyridine rings is 1. The molecule has 0 spiro atoms. The van der Waals surface area contributed by atoms with Gasteiger partial charge < -0.3 is 11.1 Å². The minimum Gasteiger partial charge on any atom is -0.381 e. The number of hydrogen-bond acceptors (Lipinski definition) is 5. The molecule has 0 bridgehead atoms. The summed E-state index contributed by atoms with van der Waals surface area (Å²) in [6.07, 6.45) is 3.34. The fourth-order valence-corrected chi connectivity index (χ4v) is 3.24. The first-order valence-corrected chi connectivity index (χ1v) is 8.20. The van der Waals surface area contributed by atoms with Gasteiger partial charge in [-0.15, -0.1) is 0 Å². The number of likely N-dealkylation sites (tertiary alicyclic amines) is 1. The van der Waals surface area contributed by atoms with Gasteiger partial charge in [0.15, 0.2) is 0 Å². The minimum absolute atomic E-state index is 0.228. The lowest BCUT2D eigenvalue weighted by atomic mass is 10.0. The standard InChI is InChI=1S/C17H18ClN5O/c18-12-1-2-15-14(7-12)17(11(8-19)9-21-15)22-13-3-5-23(6-4-13)10-16(20)24/h1-2,7,9,13H,3-6,10H2,(H2,20,24)(H,21,22). The van der Waals surface area contributed by atoms with Crippen molar-refractivity contribution in [2.24, 2.45) is 5.73 Å². The Labute approximate surface area is 145 Å². The van der Waals surface area contributed by atoms with Gasteiger partial charge in [0.2, 0.25) is 5.91 Å². The van der Waals surface area contributed by atoms with Crippen LogP contribution in [0.4, 0.5) is 5.69 Å². The molecular weight excluding hydrogens is 326 g/mol. The molecule has 124 valence electrons. The highest BCUT2D eigenvalue weighted by Crippen LogP contribution is 2.30. The Morgan fingerprint density at radius 3 is 2.88 bits per heavy atom. The minimum atomic E-state index is -0.303. The van der Waals surface area contributed by atoms with Crippen LogP contribution in [0.3, 0.4) is 0 Å². The van der Waals surface area contributed by atoms with Crippen LogP contribution in [0.15, 0.2) is 24.4 Å². The van der Waals surface area contributed by atoms with Gasteiger partial charge in [0.1, 0.15) is 6.07 Å². The Morgan fingerprint density at radius 2 is 2.21 bits per heavy atom. The van der Waals surface area contributed by atoms with Gasteiger partial charge in [-0.25, -0.2) is 0 Å². The van der Waals surface area contributed by atoms with E-state index >= 15 is 0 Å². The molecule has 1 aromatic heterocycles. The summed E-state index contributed by atoms with van der Waals surface area (Å²) in [7, 11) is 0. The Bertz CT molecular complexity index is 808. The van der Waals surface area contributed by atoms with Gasteiger partial charge in [0.05, 0.1) is 23.3 Å². The van der Waals surface area contributed by atoms with Crippen molar-refractivity contribution >= 4 is 34.1 Å². The second-order valence-corrected chi connectivity index (χ2v) is 6.42. The summed E-state index contributed by atoms with van der Waals surface area (Å²) in [5, 5.41) is 14.3.